The fraction of sp³-hybridized carbons (Fsp3) is 0.190. The highest BCUT2D eigenvalue weighted by atomic mass is 16.5. The maximum Gasteiger partial charge on any atom is 0.339 e. The summed E-state index contributed by atoms with van der Waals surface area (Å²) in [5.74, 6) is -1.91. The number of carbonyl (C=O) groups excluding carboxylic acids is 3. The van der Waals surface area contributed by atoms with Crippen LogP contribution in [0.15, 0.2) is 53.6 Å². The van der Waals surface area contributed by atoms with Crippen molar-refractivity contribution >= 4 is 34.4 Å². The van der Waals surface area contributed by atoms with E-state index in [9.17, 15) is 19.2 Å². The molecule has 154 valence electrons. The Morgan fingerprint density at radius 1 is 1.03 bits per heavy atom. The average Bonchev–Trinajstić information content (AvgIpc) is 2.77. The van der Waals surface area contributed by atoms with Gasteiger partial charge in [0.1, 0.15) is 6.04 Å². The minimum Gasteiger partial charge on any atom is -0.465 e. The van der Waals surface area contributed by atoms with E-state index in [0.717, 1.165) is 0 Å². The molecule has 1 N–H and O–H groups in total. The first-order chi connectivity index (χ1) is 14.4. The molecule has 0 saturated heterocycles. The van der Waals surface area contributed by atoms with Crippen molar-refractivity contribution in [3.8, 4) is 0 Å². The highest BCUT2D eigenvalue weighted by Crippen LogP contribution is 2.21. The minimum atomic E-state index is -0.943. The molecule has 0 spiro atoms. The van der Waals surface area contributed by atoms with Gasteiger partial charge < -0.3 is 14.8 Å². The van der Waals surface area contributed by atoms with E-state index in [1.54, 1.807) is 24.3 Å². The van der Waals surface area contributed by atoms with E-state index in [4.69, 9.17) is 4.74 Å². The van der Waals surface area contributed by atoms with Crippen LogP contribution in [0.4, 0.5) is 5.69 Å². The van der Waals surface area contributed by atoms with Crippen molar-refractivity contribution in [3.05, 3.63) is 70.3 Å². The van der Waals surface area contributed by atoms with Gasteiger partial charge in [0.15, 0.2) is 0 Å². The summed E-state index contributed by atoms with van der Waals surface area (Å²) in [6.45, 7) is 1.52. The maximum absolute atomic E-state index is 12.8. The van der Waals surface area contributed by atoms with Crippen LogP contribution in [-0.2, 0) is 14.3 Å². The molecular weight excluding hydrogens is 390 g/mol. The number of hydrogen-bond donors (Lipinski definition) is 1. The van der Waals surface area contributed by atoms with Gasteiger partial charge in [0.25, 0.3) is 5.56 Å². The molecule has 9 nitrogen and oxygen atoms in total. The van der Waals surface area contributed by atoms with Crippen molar-refractivity contribution < 1.29 is 23.9 Å². The second-order valence-electron chi connectivity index (χ2n) is 6.38. The third-order valence-corrected chi connectivity index (χ3v) is 4.59. The molecule has 30 heavy (non-hydrogen) atoms. The topological polar surface area (TPSA) is 117 Å². The Bertz CT molecular complexity index is 1200. The van der Waals surface area contributed by atoms with E-state index in [-0.39, 0.29) is 22.4 Å². The first-order valence-corrected chi connectivity index (χ1v) is 8.94. The molecule has 2 aromatic carbocycles. The zero-order valence-corrected chi connectivity index (χ0v) is 16.5. The summed E-state index contributed by atoms with van der Waals surface area (Å²) in [5, 5.41) is 2.96. The number of amides is 1. The summed E-state index contributed by atoms with van der Waals surface area (Å²) < 4.78 is 10.6. The first-order valence-electron chi connectivity index (χ1n) is 8.94. The summed E-state index contributed by atoms with van der Waals surface area (Å²) in [6, 6.07) is 9.90. The fourth-order valence-electron chi connectivity index (χ4n) is 2.90. The van der Waals surface area contributed by atoms with Gasteiger partial charge in [-0.25, -0.2) is 14.6 Å². The normalized spacial score (nSPS) is 11.6. The van der Waals surface area contributed by atoms with E-state index in [1.165, 1.54) is 50.2 Å². The van der Waals surface area contributed by atoms with Gasteiger partial charge in [-0.3, -0.25) is 14.2 Å². The Labute approximate surface area is 171 Å². The summed E-state index contributed by atoms with van der Waals surface area (Å²) in [5.41, 5.74) is 0.389. The SMILES string of the molecule is COC(=O)c1ccc(C(=O)OC)c(NC(=O)C(C)n2cnc3ccccc3c2=O)c1. The summed E-state index contributed by atoms with van der Waals surface area (Å²) in [6.07, 6.45) is 1.29. The van der Waals surface area contributed by atoms with E-state index in [0.29, 0.717) is 10.9 Å². The summed E-state index contributed by atoms with van der Waals surface area (Å²) >= 11 is 0. The second-order valence-corrected chi connectivity index (χ2v) is 6.38. The van der Waals surface area contributed by atoms with Crippen LogP contribution in [0, 0.1) is 0 Å². The van der Waals surface area contributed by atoms with Gasteiger partial charge in [-0.1, -0.05) is 12.1 Å². The van der Waals surface area contributed by atoms with Crippen molar-refractivity contribution in [2.45, 2.75) is 13.0 Å². The number of fused-ring (bicyclic) bond motifs is 1. The van der Waals surface area contributed by atoms with Crippen LogP contribution in [0.3, 0.4) is 0 Å². The lowest BCUT2D eigenvalue weighted by atomic mass is 10.1. The van der Waals surface area contributed by atoms with Gasteiger partial charge in [-0.15, -0.1) is 0 Å². The lowest BCUT2D eigenvalue weighted by molar-refractivity contribution is -0.118. The number of methoxy groups -OCH3 is 2. The number of anilines is 1. The third-order valence-electron chi connectivity index (χ3n) is 4.59. The standard InChI is InChI=1S/C21H19N3O6/c1-12(24-11-22-16-7-5-4-6-14(16)19(24)26)18(25)23-17-10-13(20(27)29-2)8-9-15(17)21(28)30-3/h4-12H,1-3H3,(H,23,25). The molecule has 0 fully saturated rings. The van der Waals surface area contributed by atoms with Crippen LogP contribution in [0.2, 0.25) is 0 Å². The predicted molar refractivity (Wildman–Crippen MR) is 108 cm³/mol. The number of aromatic nitrogens is 2. The third kappa shape index (κ3) is 3.90. The fourth-order valence-corrected chi connectivity index (χ4v) is 2.90. The molecule has 1 atom stereocenters. The van der Waals surface area contributed by atoms with E-state index >= 15 is 0 Å². The van der Waals surface area contributed by atoms with Gasteiger partial charge >= 0.3 is 11.9 Å². The average molecular weight is 409 g/mol. The number of hydrogen-bond acceptors (Lipinski definition) is 7. The quantitative estimate of drug-likeness (QED) is 0.642. The van der Waals surface area contributed by atoms with E-state index in [1.807, 2.05) is 0 Å². The first kappa shape index (κ1) is 20.7. The molecule has 1 heterocycles. The van der Waals surface area contributed by atoms with Gasteiger partial charge in [0.05, 0.1) is 48.3 Å². The summed E-state index contributed by atoms with van der Waals surface area (Å²) in [4.78, 5) is 53.7. The van der Waals surface area contributed by atoms with E-state index in [2.05, 4.69) is 15.0 Å². The molecule has 0 bridgehead atoms. The summed E-state index contributed by atoms with van der Waals surface area (Å²) in [7, 11) is 2.42. The van der Waals surface area contributed by atoms with Gasteiger partial charge in [0, 0.05) is 0 Å². The molecule has 3 aromatic rings. The molecule has 1 unspecified atom stereocenters. The van der Waals surface area contributed by atoms with Crippen LogP contribution in [0.25, 0.3) is 10.9 Å². The molecule has 1 amide bonds. The molecule has 9 heteroatoms. The van der Waals surface area contributed by atoms with Gasteiger partial charge in [-0.05, 0) is 37.3 Å². The number of nitrogens with zero attached hydrogens (tertiary/aromatic N) is 2. The van der Waals surface area contributed by atoms with Crippen LogP contribution in [0.5, 0.6) is 0 Å². The Morgan fingerprint density at radius 2 is 1.73 bits per heavy atom. The maximum atomic E-state index is 12.8. The molecule has 0 aliphatic rings. The van der Waals surface area contributed by atoms with Crippen molar-refractivity contribution in [1.29, 1.82) is 0 Å². The van der Waals surface area contributed by atoms with Crippen LogP contribution in [0.1, 0.15) is 33.7 Å². The van der Waals surface area contributed by atoms with Crippen LogP contribution < -0.4 is 10.9 Å². The Balaban J connectivity index is 1.96. The lowest BCUT2D eigenvalue weighted by Crippen LogP contribution is -2.32. The van der Waals surface area contributed by atoms with Crippen LogP contribution in [-0.4, -0.2) is 41.6 Å². The molecule has 1 aromatic heterocycles. The predicted octanol–water partition coefficient (Wildman–Crippen LogP) is 2.17. The Hall–Kier alpha value is -4.01. The molecule has 0 aliphatic carbocycles. The lowest BCUT2D eigenvalue weighted by Gasteiger charge is -2.17. The molecule has 3 rings (SSSR count). The monoisotopic (exact) mass is 409 g/mol. The molecule has 0 radical (unpaired) electrons. The zero-order valence-electron chi connectivity index (χ0n) is 16.5. The number of carbonyl (C=O) groups is 3. The minimum absolute atomic E-state index is 0.0506. The van der Waals surface area contributed by atoms with Crippen molar-refractivity contribution in [1.82, 2.24) is 9.55 Å². The Morgan fingerprint density at radius 3 is 2.43 bits per heavy atom. The van der Waals surface area contributed by atoms with Crippen molar-refractivity contribution in [2.75, 3.05) is 19.5 Å². The Kier molecular flexibility index (Phi) is 5.91. The molecule has 0 aliphatic heterocycles. The largest absolute Gasteiger partial charge is 0.465 e. The van der Waals surface area contributed by atoms with E-state index < -0.39 is 23.9 Å². The smallest absolute Gasteiger partial charge is 0.339 e. The number of nitrogens with one attached hydrogen (secondary N) is 1. The number of esters is 2. The highest BCUT2D eigenvalue weighted by molar-refractivity contribution is 6.04. The number of para-hydroxylation sites is 1. The van der Waals surface area contributed by atoms with Crippen molar-refractivity contribution in [3.63, 3.8) is 0 Å². The number of ether oxygens (including phenoxy) is 2. The zero-order chi connectivity index (χ0) is 21.8. The van der Waals surface area contributed by atoms with Crippen LogP contribution >= 0.6 is 0 Å². The molecular formula is C21H19N3O6. The number of benzene rings is 2. The van der Waals surface area contributed by atoms with Crippen molar-refractivity contribution in [2.24, 2.45) is 0 Å². The molecule has 0 saturated carbocycles. The van der Waals surface area contributed by atoms with Gasteiger partial charge in [0.2, 0.25) is 5.91 Å². The van der Waals surface area contributed by atoms with Gasteiger partial charge in [-0.2, -0.15) is 0 Å². The second kappa shape index (κ2) is 8.56. The number of rotatable bonds is 5. The highest BCUT2D eigenvalue weighted by Gasteiger charge is 2.22.